The Kier molecular flexibility index (Phi) is 11.2. The summed E-state index contributed by atoms with van der Waals surface area (Å²) in [6.07, 6.45) is 1.10. The minimum Gasteiger partial charge on any atom is -0.497 e. The summed E-state index contributed by atoms with van der Waals surface area (Å²) in [5.41, 5.74) is 3.79. The van der Waals surface area contributed by atoms with Crippen molar-refractivity contribution in [3.63, 3.8) is 0 Å². The molecule has 0 unspecified atom stereocenters. The molecule has 0 saturated heterocycles. The van der Waals surface area contributed by atoms with Crippen LogP contribution in [0.2, 0.25) is 0 Å². The monoisotopic (exact) mass is 593 g/mol. The number of rotatable bonds is 13. The number of carbonyl (C=O) groups excluding carboxylic acids is 2. The van der Waals surface area contributed by atoms with E-state index in [2.05, 4.69) is 5.32 Å². The number of anilines is 1. The van der Waals surface area contributed by atoms with Gasteiger partial charge in [-0.1, -0.05) is 55.8 Å². The first-order valence-corrected chi connectivity index (χ1v) is 15.7. The maximum atomic E-state index is 14.3. The van der Waals surface area contributed by atoms with Gasteiger partial charge < -0.3 is 15.0 Å². The van der Waals surface area contributed by atoms with Gasteiger partial charge in [-0.05, 0) is 87.6 Å². The molecule has 0 aliphatic carbocycles. The second-order valence-electron chi connectivity index (χ2n) is 10.7. The Morgan fingerprint density at radius 3 is 2.12 bits per heavy atom. The fourth-order valence-corrected chi connectivity index (χ4v) is 6.12. The van der Waals surface area contributed by atoms with Crippen molar-refractivity contribution in [3.8, 4) is 5.75 Å². The largest absolute Gasteiger partial charge is 0.497 e. The number of methoxy groups -OCH3 is 1. The van der Waals surface area contributed by atoms with Crippen LogP contribution in [0.3, 0.4) is 0 Å². The Labute approximate surface area is 250 Å². The van der Waals surface area contributed by atoms with Crippen molar-refractivity contribution in [2.24, 2.45) is 0 Å². The number of sulfonamides is 1. The van der Waals surface area contributed by atoms with Gasteiger partial charge in [0.15, 0.2) is 0 Å². The number of aryl methyl sites for hydroxylation is 2. The van der Waals surface area contributed by atoms with E-state index in [0.29, 0.717) is 17.9 Å². The number of hydrogen-bond acceptors (Lipinski definition) is 5. The van der Waals surface area contributed by atoms with Crippen LogP contribution in [0, 0.1) is 20.8 Å². The lowest BCUT2D eigenvalue weighted by Gasteiger charge is -2.34. The molecule has 8 nitrogen and oxygen atoms in total. The van der Waals surface area contributed by atoms with Crippen molar-refractivity contribution >= 4 is 27.5 Å². The summed E-state index contributed by atoms with van der Waals surface area (Å²) < 4.78 is 34.7. The fraction of sp³-hybridized carbons (Fsp3) is 0.394. The zero-order chi connectivity index (χ0) is 31.0. The second kappa shape index (κ2) is 14.4. The molecular weight excluding hydrogens is 550 g/mol. The summed E-state index contributed by atoms with van der Waals surface area (Å²) in [5.74, 6) is -0.0783. The van der Waals surface area contributed by atoms with Crippen LogP contribution in [0.25, 0.3) is 0 Å². The Morgan fingerprint density at radius 2 is 1.55 bits per heavy atom. The zero-order valence-corrected chi connectivity index (χ0v) is 26.5. The third-order valence-corrected chi connectivity index (χ3v) is 9.41. The number of amides is 2. The topological polar surface area (TPSA) is 96.0 Å². The van der Waals surface area contributed by atoms with E-state index in [1.54, 1.807) is 55.6 Å². The molecule has 42 heavy (non-hydrogen) atoms. The molecule has 1 N–H and O–H groups in total. The summed E-state index contributed by atoms with van der Waals surface area (Å²) in [6.45, 7) is 11.0. The quantitative estimate of drug-likeness (QED) is 0.281. The summed E-state index contributed by atoms with van der Waals surface area (Å²) >= 11 is 0. The average molecular weight is 594 g/mol. The van der Waals surface area contributed by atoms with E-state index in [0.717, 1.165) is 28.7 Å². The highest BCUT2D eigenvalue weighted by Crippen LogP contribution is 2.29. The predicted molar refractivity (Wildman–Crippen MR) is 167 cm³/mol. The van der Waals surface area contributed by atoms with Crippen LogP contribution in [0.4, 0.5) is 5.69 Å². The van der Waals surface area contributed by atoms with Crippen molar-refractivity contribution in [1.29, 1.82) is 0 Å². The van der Waals surface area contributed by atoms with Crippen LogP contribution in [0.1, 0.15) is 55.9 Å². The van der Waals surface area contributed by atoms with E-state index in [4.69, 9.17) is 4.74 Å². The van der Waals surface area contributed by atoms with Crippen LogP contribution in [0.15, 0.2) is 71.6 Å². The maximum absolute atomic E-state index is 14.3. The van der Waals surface area contributed by atoms with Crippen LogP contribution < -0.4 is 14.4 Å². The minimum atomic E-state index is -4.13. The molecule has 0 fully saturated rings. The van der Waals surface area contributed by atoms with Crippen LogP contribution >= 0.6 is 0 Å². The maximum Gasteiger partial charge on any atom is 0.264 e. The molecule has 9 heteroatoms. The highest BCUT2D eigenvalue weighted by Gasteiger charge is 2.34. The lowest BCUT2D eigenvalue weighted by atomic mass is 10.1. The summed E-state index contributed by atoms with van der Waals surface area (Å²) in [6, 6.07) is 18.4. The van der Waals surface area contributed by atoms with Gasteiger partial charge >= 0.3 is 0 Å². The molecule has 226 valence electrons. The van der Waals surface area contributed by atoms with Crippen molar-refractivity contribution in [2.45, 2.75) is 77.9 Å². The number of ether oxygens (including phenoxy) is 1. The number of nitrogens with zero attached hydrogens (tertiary/aromatic N) is 2. The van der Waals surface area contributed by atoms with E-state index < -0.39 is 28.5 Å². The molecule has 2 amide bonds. The van der Waals surface area contributed by atoms with Crippen LogP contribution in [0.5, 0.6) is 5.75 Å². The number of hydrogen-bond donors (Lipinski definition) is 1. The first kappa shape index (κ1) is 32.7. The summed E-state index contributed by atoms with van der Waals surface area (Å²) in [4.78, 5) is 29.3. The lowest BCUT2D eigenvalue weighted by Crippen LogP contribution is -2.53. The van der Waals surface area contributed by atoms with Gasteiger partial charge in [-0.15, -0.1) is 0 Å². The van der Waals surface area contributed by atoms with Crippen LogP contribution in [-0.2, 0) is 26.2 Å². The number of nitrogens with one attached hydrogen (secondary N) is 1. The summed E-state index contributed by atoms with van der Waals surface area (Å²) in [7, 11) is -2.55. The first-order valence-electron chi connectivity index (χ1n) is 14.3. The van der Waals surface area contributed by atoms with Crippen molar-refractivity contribution in [3.05, 3.63) is 89.0 Å². The van der Waals surface area contributed by atoms with Crippen molar-refractivity contribution in [1.82, 2.24) is 10.2 Å². The Morgan fingerprint density at radius 1 is 0.905 bits per heavy atom. The Hall–Kier alpha value is -3.85. The molecule has 0 heterocycles. The molecule has 3 aromatic rings. The Balaban J connectivity index is 2.09. The highest BCUT2D eigenvalue weighted by molar-refractivity contribution is 7.92. The third kappa shape index (κ3) is 7.70. The van der Waals surface area contributed by atoms with E-state index in [9.17, 15) is 18.0 Å². The molecule has 0 aliphatic rings. The fourth-order valence-electron chi connectivity index (χ4n) is 4.64. The lowest BCUT2D eigenvalue weighted by molar-refractivity contribution is -0.140. The molecule has 0 saturated carbocycles. The standard InChI is InChI=1S/C33H43N3O5S/c1-8-25(5)34-33(38)30(9-2)35(21-27-15-17-28(41-7)18-16-27)32(37)22-36(31-12-10-11-24(4)26(31)6)42(39,40)29-19-13-23(3)14-20-29/h10-20,25,30H,8-9,21-22H2,1-7H3,(H,34,38)/t25-,30-/m0/s1. The van der Waals surface area contributed by atoms with Gasteiger partial charge in [-0.25, -0.2) is 8.42 Å². The smallest absolute Gasteiger partial charge is 0.264 e. The second-order valence-corrected chi connectivity index (χ2v) is 12.5. The van der Waals surface area contributed by atoms with Gasteiger partial charge in [-0.2, -0.15) is 0 Å². The van der Waals surface area contributed by atoms with Gasteiger partial charge in [0.25, 0.3) is 10.0 Å². The van der Waals surface area contributed by atoms with Gasteiger partial charge in [-0.3, -0.25) is 13.9 Å². The number of carbonyl (C=O) groups is 2. The molecule has 2 atom stereocenters. The normalized spacial score (nSPS) is 12.7. The van der Waals surface area contributed by atoms with Crippen molar-refractivity contribution in [2.75, 3.05) is 18.0 Å². The summed E-state index contributed by atoms with van der Waals surface area (Å²) in [5, 5.41) is 3.00. The number of benzene rings is 3. The SMILES string of the molecule is CC[C@H](C)NC(=O)[C@H](CC)N(Cc1ccc(OC)cc1)C(=O)CN(c1cccc(C)c1C)S(=O)(=O)c1ccc(C)cc1. The molecule has 0 radical (unpaired) electrons. The zero-order valence-electron chi connectivity index (χ0n) is 25.7. The molecule has 0 aliphatic heterocycles. The van der Waals surface area contributed by atoms with Gasteiger partial charge in [0.1, 0.15) is 18.3 Å². The van der Waals surface area contributed by atoms with Gasteiger partial charge in [0.05, 0.1) is 17.7 Å². The average Bonchev–Trinajstić information content (AvgIpc) is 2.97. The van der Waals surface area contributed by atoms with E-state index in [1.165, 1.54) is 9.21 Å². The Bertz CT molecular complexity index is 1470. The van der Waals surface area contributed by atoms with E-state index in [1.807, 2.05) is 59.7 Å². The first-order chi connectivity index (χ1) is 19.9. The van der Waals surface area contributed by atoms with Crippen LogP contribution in [-0.4, -0.2) is 50.9 Å². The molecule has 0 spiro atoms. The molecular formula is C33H43N3O5S. The molecule has 3 rings (SSSR count). The third-order valence-electron chi connectivity index (χ3n) is 7.63. The van der Waals surface area contributed by atoms with E-state index >= 15 is 0 Å². The minimum absolute atomic E-state index is 0.0714. The molecule has 0 aromatic heterocycles. The van der Waals surface area contributed by atoms with E-state index in [-0.39, 0.29) is 23.4 Å². The predicted octanol–water partition coefficient (Wildman–Crippen LogP) is 5.54. The van der Waals surface area contributed by atoms with Gasteiger partial charge in [0.2, 0.25) is 11.8 Å². The highest BCUT2D eigenvalue weighted by atomic mass is 32.2. The van der Waals surface area contributed by atoms with Crippen molar-refractivity contribution < 1.29 is 22.7 Å². The van der Waals surface area contributed by atoms with Gasteiger partial charge in [0, 0.05) is 12.6 Å². The molecule has 3 aromatic carbocycles. The molecule has 0 bridgehead atoms.